The van der Waals surface area contributed by atoms with Crippen LogP contribution < -0.4 is 4.72 Å². The third-order valence-corrected chi connectivity index (χ3v) is 5.06. The van der Waals surface area contributed by atoms with Crippen molar-refractivity contribution in [2.45, 2.75) is 33.1 Å². The van der Waals surface area contributed by atoms with Crippen LogP contribution in [0.2, 0.25) is 0 Å². The highest BCUT2D eigenvalue weighted by molar-refractivity contribution is 7.83. The summed E-state index contributed by atoms with van der Waals surface area (Å²) in [4.78, 5) is 0. The summed E-state index contributed by atoms with van der Waals surface area (Å²) in [6.45, 7) is 4.93. The molecule has 3 fully saturated rings. The van der Waals surface area contributed by atoms with Gasteiger partial charge in [-0.15, -0.1) is 0 Å². The van der Waals surface area contributed by atoms with Gasteiger partial charge in [-0.05, 0) is 42.4 Å². The molecule has 0 heterocycles. The third kappa shape index (κ3) is 2.05. The molecule has 5 heteroatoms. The van der Waals surface area contributed by atoms with Gasteiger partial charge in [-0.3, -0.25) is 4.55 Å². The van der Waals surface area contributed by atoms with Gasteiger partial charge in [0.2, 0.25) is 0 Å². The highest BCUT2D eigenvalue weighted by atomic mass is 32.2. The highest BCUT2D eigenvalue weighted by Crippen LogP contribution is 2.61. The average molecular weight is 233 g/mol. The maximum atomic E-state index is 10.6. The van der Waals surface area contributed by atoms with Crippen LogP contribution in [-0.2, 0) is 10.3 Å². The fourth-order valence-corrected chi connectivity index (χ4v) is 3.84. The molecule has 0 radical (unpaired) electrons. The molecule has 3 aliphatic rings. The normalized spacial score (nSPS) is 38.5. The van der Waals surface area contributed by atoms with Gasteiger partial charge in [0.05, 0.1) is 0 Å². The Hall–Kier alpha value is -0.130. The Morgan fingerprint density at radius 3 is 2.53 bits per heavy atom. The zero-order valence-electron chi connectivity index (χ0n) is 9.23. The van der Waals surface area contributed by atoms with E-state index in [0.29, 0.717) is 23.8 Å². The lowest BCUT2D eigenvalue weighted by Crippen LogP contribution is -2.54. The van der Waals surface area contributed by atoms with E-state index in [0.717, 1.165) is 12.3 Å². The minimum absolute atomic E-state index is 0.365. The summed E-state index contributed by atoms with van der Waals surface area (Å²) in [7, 11) is -4.02. The Morgan fingerprint density at radius 2 is 2.07 bits per heavy atom. The SMILES string of the molecule is CC1(C)[C@@H]2CC[C@@H](CNS(=O)(=O)O)[C@H]1C2. The summed E-state index contributed by atoms with van der Waals surface area (Å²) < 4.78 is 32.0. The van der Waals surface area contributed by atoms with E-state index in [9.17, 15) is 8.42 Å². The van der Waals surface area contributed by atoms with E-state index >= 15 is 0 Å². The fraction of sp³-hybridized carbons (Fsp3) is 1.00. The predicted octanol–water partition coefficient (Wildman–Crippen LogP) is 1.45. The quantitative estimate of drug-likeness (QED) is 0.725. The number of nitrogens with one attached hydrogen (secondary N) is 1. The van der Waals surface area contributed by atoms with E-state index in [-0.39, 0.29) is 0 Å². The van der Waals surface area contributed by atoms with Gasteiger partial charge < -0.3 is 0 Å². The zero-order valence-corrected chi connectivity index (χ0v) is 10.0. The van der Waals surface area contributed by atoms with Crippen molar-refractivity contribution in [1.82, 2.24) is 4.72 Å². The van der Waals surface area contributed by atoms with Crippen molar-refractivity contribution < 1.29 is 13.0 Å². The first-order valence-electron chi connectivity index (χ1n) is 5.53. The molecule has 3 saturated carbocycles. The van der Waals surface area contributed by atoms with Crippen LogP contribution in [0.3, 0.4) is 0 Å². The number of hydrogen-bond acceptors (Lipinski definition) is 2. The van der Waals surface area contributed by atoms with E-state index in [2.05, 4.69) is 18.6 Å². The van der Waals surface area contributed by atoms with Crippen LogP contribution in [0.5, 0.6) is 0 Å². The van der Waals surface area contributed by atoms with E-state index in [1.165, 1.54) is 12.8 Å². The standard InChI is InChI=1S/C10H19NO3S/c1-10(2)8-4-3-7(9(10)5-8)6-11-15(12,13)14/h7-9,11H,3-6H2,1-2H3,(H,12,13,14)/t7-,8+,9+/m0/s1. The summed E-state index contributed by atoms with van der Waals surface area (Å²) in [5.41, 5.74) is 0.365. The number of rotatable bonds is 3. The van der Waals surface area contributed by atoms with Crippen molar-refractivity contribution in [3.05, 3.63) is 0 Å². The van der Waals surface area contributed by atoms with E-state index in [1.807, 2.05) is 0 Å². The second kappa shape index (κ2) is 3.43. The fourth-order valence-electron chi connectivity index (χ4n) is 3.42. The van der Waals surface area contributed by atoms with Gasteiger partial charge in [-0.25, -0.2) is 0 Å². The molecule has 3 rings (SSSR count). The molecule has 0 unspecified atom stereocenters. The van der Waals surface area contributed by atoms with Gasteiger partial charge >= 0.3 is 10.3 Å². The molecule has 15 heavy (non-hydrogen) atoms. The maximum absolute atomic E-state index is 10.6. The lowest BCUT2D eigenvalue weighted by atomic mass is 9.45. The van der Waals surface area contributed by atoms with E-state index in [1.54, 1.807) is 0 Å². The Bertz CT molecular complexity index is 348. The molecule has 88 valence electrons. The van der Waals surface area contributed by atoms with Gasteiger partial charge in [0, 0.05) is 6.54 Å². The van der Waals surface area contributed by atoms with E-state index < -0.39 is 10.3 Å². The van der Waals surface area contributed by atoms with Crippen molar-refractivity contribution in [3.63, 3.8) is 0 Å². The molecule has 0 spiro atoms. The van der Waals surface area contributed by atoms with Gasteiger partial charge in [0.25, 0.3) is 0 Å². The largest absolute Gasteiger partial charge is 0.333 e. The molecule has 3 atom stereocenters. The Balaban J connectivity index is 1.94. The minimum atomic E-state index is -4.02. The van der Waals surface area contributed by atoms with Crippen LogP contribution in [0, 0.1) is 23.2 Å². The second-order valence-corrected chi connectivity index (χ2v) is 6.76. The second-order valence-electron chi connectivity index (χ2n) is 5.52. The van der Waals surface area contributed by atoms with Crippen molar-refractivity contribution in [3.8, 4) is 0 Å². The molecule has 0 aromatic rings. The molecule has 0 amide bonds. The summed E-state index contributed by atoms with van der Waals surface area (Å²) >= 11 is 0. The van der Waals surface area contributed by atoms with Crippen LogP contribution in [0.1, 0.15) is 33.1 Å². The van der Waals surface area contributed by atoms with Crippen LogP contribution in [0.15, 0.2) is 0 Å². The van der Waals surface area contributed by atoms with Crippen molar-refractivity contribution in [2.75, 3.05) is 6.54 Å². The van der Waals surface area contributed by atoms with Crippen molar-refractivity contribution >= 4 is 10.3 Å². The Morgan fingerprint density at radius 1 is 1.40 bits per heavy atom. The minimum Gasteiger partial charge on any atom is -0.273 e. The van der Waals surface area contributed by atoms with Crippen LogP contribution in [0.4, 0.5) is 0 Å². The van der Waals surface area contributed by atoms with Crippen molar-refractivity contribution in [2.24, 2.45) is 23.2 Å². The van der Waals surface area contributed by atoms with Crippen LogP contribution >= 0.6 is 0 Å². The molecule has 0 aromatic carbocycles. The molecule has 0 aromatic heterocycles. The molecular weight excluding hydrogens is 214 g/mol. The lowest BCUT2D eigenvalue weighted by molar-refractivity contribution is -0.102. The highest BCUT2D eigenvalue weighted by Gasteiger charge is 2.53. The first-order chi connectivity index (χ1) is 6.81. The average Bonchev–Trinajstić information content (AvgIpc) is 2.13. The Kier molecular flexibility index (Phi) is 2.60. The molecule has 2 N–H and O–H groups in total. The smallest absolute Gasteiger partial charge is 0.273 e. The maximum Gasteiger partial charge on any atom is 0.333 e. The summed E-state index contributed by atoms with van der Waals surface area (Å²) in [6, 6.07) is 0. The number of hydrogen-bond donors (Lipinski definition) is 2. The summed E-state index contributed by atoms with van der Waals surface area (Å²) in [5, 5.41) is 0. The molecule has 4 nitrogen and oxygen atoms in total. The molecule has 3 aliphatic carbocycles. The molecule has 2 bridgehead atoms. The van der Waals surface area contributed by atoms with E-state index in [4.69, 9.17) is 4.55 Å². The summed E-state index contributed by atoms with van der Waals surface area (Å²) in [5.74, 6) is 1.84. The molecule has 0 saturated heterocycles. The molecular formula is C10H19NO3S. The van der Waals surface area contributed by atoms with Gasteiger partial charge in [0.15, 0.2) is 0 Å². The van der Waals surface area contributed by atoms with Gasteiger partial charge in [0.1, 0.15) is 0 Å². The third-order valence-electron chi connectivity index (χ3n) is 4.53. The predicted molar refractivity (Wildman–Crippen MR) is 57.7 cm³/mol. The first kappa shape index (κ1) is 11.4. The van der Waals surface area contributed by atoms with Crippen LogP contribution in [0.25, 0.3) is 0 Å². The first-order valence-corrected chi connectivity index (χ1v) is 6.97. The van der Waals surface area contributed by atoms with Crippen molar-refractivity contribution in [1.29, 1.82) is 0 Å². The van der Waals surface area contributed by atoms with Gasteiger partial charge in [-0.2, -0.15) is 13.1 Å². The topological polar surface area (TPSA) is 66.4 Å². The Labute approximate surface area is 91.3 Å². The van der Waals surface area contributed by atoms with Gasteiger partial charge in [-0.1, -0.05) is 13.8 Å². The van der Waals surface area contributed by atoms with Crippen LogP contribution in [-0.4, -0.2) is 19.5 Å². The zero-order chi connectivity index (χ0) is 11.3. The summed E-state index contributed by atoms with van der Waals surface area (Å²) in [6.07, 6.45) is 3.51. The lowest BCUT2D eigenvalue weighted by Gasteiger charge is -2.60. The monoisotopic (exact) mass is 233 g/mol. The number of fused-ring (bicyclic) bond motifs is 2. The molecule has 0 aliphatic heterocycles.